The Hall–Kier alpha value is -3.71. The largest absolute Gasteiger partial charge is 0.377 e. The van der Waals surface area contributed by atoms with Crippen molar-refractivity contribution in [3.63, 3.8) is 0 Å². The number of unbranched alkanes of at least 4 members (excludes halogenated alkanes) is 1. The molecular weight excluding hydrogens is 390 g/mol. The predicted molar refractivity (Wildman–Crippen MR) is 123 cm³/mol. The number of ether oxygens (including phenoxy) is 1. The van der Waals surface area contributed by atoms with Gasteiger partial charge in [-0.05, 0) is 46.0 Å². The number of nitrogens with zero attached hydrogens (tertiary/aromatic N) is 3. The molecule has 0 saturated carbocycles. The summed E-state index contributed by atoms with van der Waals surface area (Å²) >= 11 is 0. The van der Waals surface area contributed by atoms with Crippen molar-refractivity contribution in [2.45, 2.75) is 26.0 Å². The average molecular weight is 413 g/mol. The number of fused-ring (bicyclic) bond motifs is 4. The maximum Gasteiger partial charge on any atom is 0.280 e. The van der Waals surface area contributed by atoms with E-state index in [4.69, 9.17) is 10.5 Å². The number of nitrogen functional groups attached to an aromatic ring is 1. The molecule has 0 spiro atoms. The normalized spacial score (nSPS) is 11.6. The Balaban J connectivity index is 1.21. The number of imidazole rings is 1. The second-order valence-corrected chi connectivity index (χ2v) is 7.62. The molecule has 0 aliphatic carbocycles. The van der Waals surface area contributed by atoms with E-state index in [9.17, 15) is 4.79 Å². The molecule has 0 fully saturated rings. The first-order valence-corrected chi connectivity index (χ1v) is 10.4. The Morgan fingerprint density at radius 1 is 1.00 bits per heavy atom. The molecule has 0 saturated heterocycles. The van der Waals surface area contributed by atoms with Crippen LogP contribution in [0.1, 0.15) is 18.4 Å². The molecule has 5 aromatic rings. The molecule has 7 nitrogen and oxygen atoms in total. The lowest BCUT2D eigenvalue weighted by molar-refractivity contribution is 0.117. The van der Waals surface area contributed by atoms with E-state index in [0.29, 0.717) is 30.9 Å². The number of hydrogen-bond donors (Lipinski definition) is 2. The summed E-state index contributed by atoms with van der Waals surface area (Å²) in [6.07, 6.45) is 3.41. The zero-order valence-corrected chi connectivity index (χ0v) is 17.0. The number of hydrogen-bond acceptors (Lipinski definition) is 5. The Kier molecular flexibility index (Phi) is 5.09. The molecule has 0 radical (unpaired) electrons. The summed E-state index contributed by atoms with van der Waals surface area (Å²) in [4.78, 5) is 22.7. The fraction of sp³-hybridized carbons (Fsp3) is 0.208. The van der Waals surface area contributed by atoms with Gasteiger partial charge in [-0.1, -0.05) is 48.5 Å². The first kappa shape index (κ1) is 19.3. The van der Waals surface area contributed by atoms with Gasteiger partial charge in [0.25, 0.3) is 5.56 Å². The van der Waals surface area contributed by atoms with Gasteiger partial charge in [-0.25, -0.2) is 4.98 Å². The number of nitrogens with two attached hydrogens (primary N) is 1. The van der Waals surface area contributed by atoms with Gasteiger partial charge in [0.1, 0.15) is 0 Å². The second kappa shape index (κ2) is 8.20. The Morgan fingerprint density at radius 3 is 2.65 bits per heavy atom. The monoisotopic (exact) mass is 413 g/mol. The van der Waals surface area contributed by atoms with Gasteiger partial charge in [0, 0.05) is 13.2 Å². The molecule has 2 heterocycles. The standard InChI is InChI=1S/C24H23N5O2/c25-24-27-22-21(23(30)28-24)26-15-29(22)11-5-6-12-31-14-17-13-16-7-1-2-8-18(16)20-10-4-3-9-19(17)20/h1-4,7-10,13,15H,5-6,11-12,14H2,(H3,25,27,28,30). The van der Waals surface area contributed by atoms with E-state index >= 15 is 0 Å². The number of aromatic nitrogens is 4. The van der Waals surface area contributed by atoms with Crippen molar-refractivity contribution in [3.8, 4) is 0 Å². The first-order chi connectivity index (χ1) is 15.2. The lowest BCUT2D eigenvalue weighted by Crippen LogP contribution is -2.12. The minimum atomic E-state index is -0.313. The highest BCUT2D eigenvalue weighted by Crippen LogP contribution is 2.29. The molecule has 2 aromatic heterocycles. The van der Waals surface area contributed by atoms with E-state index in [1.165, 1.54) is 27.1 Å². The van der Waals surface area contributed by atoms with Crippen molar-refractivity contribution >= 4 is 38.7 Å². The molecule has 3 aromatic carbocycles. The fourth-order valence-electron chi connectivity index (χ4n) is 4.05. The number of benzene rings is 3. The highest BCUT2D eigenvalue weighted by molar-refractivity contribution is 6.08. The van der Waals surface area contributed by atoms with Crippen LogP contribution in [0.5, 0.6) is 0 Å². The Morgan fingerprint density at radius 2 is 1.77 bits per heavy atom. The van der Waals surface area contributed by atoms with Crippen molar-refractivity contribution in [2.24, 2.45) is 0 Å². The summed E-state index contributed by atoms with van der Waals surface area (Å²) in [6, 6.07) is 19.2. The molecule has 0 atom stereocenters. The number of aromatic amines is 1. The molecule has 7 heteroatoms. The molecule has 31 heavy (non-hydrogen) atoms. The number of nitrogens with one attached hydrogen (secondary N) is 1. The molecule has 0 bridgehead atoms. The summed E-state index contributed by atoms with van der Waals surface area (Å²) in [7, 11) is 0. The molecule has 156 valence electrons. The lowest BCUT2D eigenvalue weighted by atomic mass is 9.98. The smallest absolute Gasteiger partial charge is 0.280 e. The quantitative estimate of drug-likeness (QED) is 0.310. The Bertz CT molecular complexity index is 1440. The third-order valence-electron chi connectivity index (χ3n) is 5.54. The highest BCUT2D eigenvalue weighted by Gasteiger charge is 2.09. The van der Waals surface area contributed by atoms with Crippen LogP contribution in [0.15, 0.2) is 65.7 Å². The van der Waals surface area contributed by atoms with Gasteiger partial charge in [0.2, 0.25) is 5.95 Å². The maximum absolute atomic E-state index is 11.9. The molecule has 0 unspecified atom stereocenters. The second-order valence-electron chi connectivity index (χ2n) is 7.62. The van der Waals surface area contributed by atoms with Crippen molar-refractivity contribution in [3.05, 3.63) is 76.8 Å². The van der Waals surface area contributed by atoms with Gasteiger partial charge in [-0.15, -0.1) is 0 Å². The van der Waals surface area contributed by atoms with Crippen LogP contribution >= 0.6 is 0 Å². The summed E-state index contributed by atoms with van der Waals surface area (Å²) in [5.74, 6) is 0.102. The van der Waals surface area contributed by atoms with Crippen LogP contribution in [-0.4, -0.2) is 26.1 Å². The number of H-pyrrole nitrogens is 1. The third kappa shape index (κ3) is 3.75. The fourth-order valence-corrected chi connectivity index (χ4v) is 4.05. The zero-order valence-electron chi connectivity index (χ0n) is 17.0. The minimum Gasteiger partial charge on any atom is -0.377 e. The SMILES string of the molecule is Nc1nc2c(ncn2CCCCOCc2cc3ccccc3c3ccccc23)c(=O)[nH]1. The van der Waals surface area contributed by atoms with Crippen molar-refractivity contribution < 1.29 is 4.74 Å². The van der Waals surface area contributed by atoms with E-state index < -0.39 is 0 Å². The van der Waals surface area contributed by atoms with E-state index in [1.54, 1.807) is 6.33 Å². The van der Waals surface area contributed by atoms with Crippen LogP contribution in [0.25, 0.3) is 32.7 Å². The van der Waals surface area contributed by atoms with Crippen LogP contribution in [0.4, 0.5) is 5.95 Å². The maximum atomic E-state index is 11.9. The van der Waals surface area contributed by atoms with Crippen molar-refractivity contribution in [2.75, 3.05) is 12.3 Å². The highest BCUT2D eigenvalue weighted by atomic mass is 16.5. The van der Waals surface area contributed by atoms with E-state index in [0.717, 1.165) is 12.8 Å². The molecule has 0 amide bonds. The summed E-state index contributed by atoms with van der Waals surface area (Å²) in [6.45, 7) is 1.94. The molecule has 0 aliphatic heterocycles. The molecular formula is C24H23N5O2. The number of rotatable bonds is 7. The number of aryl methyl sites for hydroxylation is 1. The van der Waals surface area contributed by atoms with Gasteiger partial charge >= 0.3 is 0 Å². The van der Waals surface area contributed by atoms with E-state index in [2.05, 4.69) is 69.5 Å². The predicted octanol–water partition coefficient (Wildman–Crippen LogP) is 4.01. The number of anilines is 1. The summed E-state index contributed by atoms with van der Waals surface area (Å²) in [5, 5.41) is 4.99. The minimum absolute atomic E-state index is 0.102. The molecule has 0 aliphatic rings. The van der Waals surface area contributed by atoms with Gasteiger partial charge in [-0.2, -0.15) is 4.98 Å². The third-order valence-corrected chi connectivity index (χ3v) is 5.54. The first-order valence-electron chi connectivity index (χ1n) is 10.4. The lowest BCUT2D eigenvalue weighted by Gasteiger charge is -2.11. The van der Waals surface area contributed by atoms with Gasteiger partial charge in [0.15, 0.2) is 11.2 Å². The van der Waals surface area contributed by atoms with Crippen LogP contribution in [0, 0.1) is 0 Å². The van der Waals surface area contributed by atoms with Crippen LogP contribution in [0.2, 0.25) is 0 Å². The summed E-state index contributed by atoms with van der Waals surface area (Å²) in [5.41, 5.74) is 7.37. The van der Waals surface area contributed by atoms with Gasteiger partial charge < -0.3 is 15.0 Å². The zero-order chi connectivity index (χ0) is 21.2. The van der Waals surface area contributed by atoms with Crippen molar-refractivity contribution in [1.82, 2.24) is 19.5 Å². The van der Waals surface area contributed by atoms with Gasteiger partial charge in [0.05, 0.1) is 12.9 Å². The van der Waals surface area contributed by atoms with Crippen LogP contribution in [-0.2, 0) is 17.9 Å². The van der Waals surface area contributed by atoms with Gasteiger partial charge in [-0.3, -0.25) is 9.78 Å². The van der Waals surface area contributed by atoms with E-state index in [-0.39, 0.29) is 11.5 Å². The average Bonchev–Trinajstić information content (AvgIpc) is 3.19. The summed E-state index contributed by atoms with van der Waals surface area (Å²) < 4.78 is 7.87. The molecule has 3 N–H and O–H groups in total. The van der Waals surface area contributed by atoms with Crippen LogP contribution in [0.3, 0.4) is 0 Å². The van der Waals surface area contributed by atoms with Crippen molar-refractivity contribution in [1.29, 1.82) is 0 Å². The topological polar surface area (TPSA) is 98.8 Å². The Labute approximate surface area is 178 Å². The molecule has 5 rings (SSSR count). The van der Waals surface area contributed by atoms with Crippen LogP contribution < -0.4 is 11.3 Å². The van der Waals surface area contributed by atoms with E-state index in [1.807, 2.05) is 4.57 Å².